The Balaban J connectivity index is 1.53. The van der Waals surface area contributed by atoms with Crippen LogP contribution in [0.15, 0.2) is 0 Å². The molecule has 2 heteroatoms. The van der Waals surface area contributed by atoms with E-state index in [2.05, 4.69) is 0 Å². The van der Waals surface area contributed by atoms with Gasteiger partial charge < -0.3 is 9.47 Å². The van der Waals surface area contributed by atoms with E-state index in [0.717, 1.165) is 0 Å². The summed E-state index contributed by atoms with van der Waals surface area (Å²) in [6.07, 6.45) is 14.1. The number of hydrogen-bond acceptors (Lipinski definition) is 2. The highest BCUT2D eigenvalue weighted by Crippen LogP contribution is 2.22. The van der Waals surface area contributed by atoms with Gasteiger partial charge in [-0.05, 0) is 25.7 Å². The Labute approximate surface area is 93.3 Å². The molecule has 2 saturated carbocycles. The Hall–Kier alpha value is -0.0800. The van der Waals surface area contributed by atoms with Crippen LogP contribution >= 0.6 is 0 Å². The fourth-order valence-corrected chi connectivity index (χ4v) is 2.70. The molecule has 0 amide bonds. The maximum atomic E-state index is 5.76. The molecule has 0 bridgehead atoms. The molecule has 0 saturated heterocycles. The molecule has 88 valence electrons. The Bertz CT molecular complexity index is 140. The van der Waals surface area contributed by atoms with Crippen LogP contribution in [0.1, 0.15) is 64.2 Å². The molecule has 0 unspecified atom stereocenters. The molecule has 0 aromatic heterocycles. The smallest absolute Gasteiger partial charge is 0.147 e. The van der Waals surface area contributed by atoms with Crippen LogP contribution in [0.4, 0.5) is 0 Å². The van der Waals surface area contributed by atoms with Gasteiger partial charge in [-0.3, -0.25) is 0 Å². The average Bonchev–Trinajstić information content (AvgIpc) is 2.32. The van der Waals surface area contributed by atoms with Crippen LogP contribution in [0.2, 0.25) is 0 Å². The summed E-state index contributed by atoms with van der Waals surface area (Å²) in [5, 5.41) is 0. The minimum Gasteiger partial charge on any atom is -0.352 e. The fourth-order valence-electron chi connectivity index (χ4n) is 2.70. The molecule has 0 aromatic rings. The van der Waals surface area contributed by atoms with Gasteiger partial charge in [-0.1, -0.05) is 38.5 Å². The lowest BCUT2D eigenvalue weighted by Gasteiger charge is -2.25. The first-order valence-electron chi connectivity index (χ1n) is 6.68. The molecule has 0 spiro atoms. The monoisotopic (exact) mass is 212 g/mol. The topological polar surface area (TPSA) is 18.5 Å². The summed E-state index contributed by atoms with van der Waals surface area (Å²) in [6.45, 7) is 0.537. The van der Waals surface area contributed by atoms with E-state index in [-0.39, 0.29) is 0 Å². The Morgan fingerprint density at radius 1 is 0.600 bits per heavy atom. The Morgan fingerprint density at radius 2 is 1.00 bits per heavy atom. The summed E-state index contributed by atoms with van der Waals surface area (Å²) in [4.78, 5) is 0. The van der Waals surface area contributed by atoms with Gasteiger partial charge in [0, 0.05) is 0 Å². The summed E-state index contributed by atoms with van der Waals surface area (Å²) in [5.74, 6) is 0. The summed E-state index contributed by atoms with van der Waals surface area (Å²) in [7, 11) is 0. The fraction of sp³-hybridized carbons (Fsp3) is 1.00. The second-order valence-corrected chi connectivity index (χ2v) is 4.97. The SMILES string of the molecule is C1CCC(OCOC2CCCCC2)CC1. The first-order valence-corrected chi connectivity index (χ1v) is 6.68. The summed E-state index contributed by atoms with van der Waals surface area (Å²) in [6, 6.07) is 0. The van der Waals surface area contributed by atoms with Crippen molar-refractivity contribution >= 4 is 0 Å². The number of ether oxygens (including phenoxy) is 2. The van der Waals surface area contributed by atoms with E-state index in [9.17, 15) is 0 Å². The van der Waals surface area contributed by atoms with Gasteiger partial charge >= 0.3 is 0 Å². The average molecular weight is 212 g/mol. The van der Waals surface area contributed by atoms with Crippen LogP contribution in [0, 0.1) is 0 Å². The molecular formula is C13H24O2. The van der Waals surface area contributed by atoms with Gasteiger partial charge in [0.05, 0.1) is 12.2 Å². The molecule has 2 nitrogen and oxygen atoms in total. The van der Waals surface area contributed by atoms with Crippen molar-refractivity contribution in [2.45, 2.75) is 76.4 Å². The van der Waals surface area contributed by atoms with Gasteiger partial charge in [-0.25, -0.2) is 0 Å². The van der Waals surface area contributed by atoms with Crippen LogP contribution < -0.4 is 0 Å². The minimum atomic E-state index is 0.488. The van der Waals surface area contributed by atoms with Gasteiger partial charge in [0.15, 0.2) is 0 Å². The molecule has 2 fully saturated rings. The molecular weight excluding hydrogens is 188 g/mol. The van der Waals surface area contributed by atoms with Crippen molar-refractivity contribution in [2.24, 2.45) is 0 Å². The molecule has 2 aliphatic rings. The number of rotatable bonds is 4. The second kappa shape index (κ2) is 6.49. The van der Waals surface area contributed by atoms with E-state index in [1.165, 1.54) is 64.2 Å². The summed E-state index contributed by atoms with van der Waals surface area (Å²) < 4.78 is 11.5. The largest absolute Gasteiger partial charge is 0.352 e. The summed E-state index contributed by atoms with van der Waals surface area (Å²) >= 11 is 0. The van der Waals surface area contributed by atoms with E-state index < -0.39 is 0 Å². The molecule has 2 rings (SSSR count). The zero-order chi connectivity index (χ0) is 10.3. The van der Waals surface area contributed by atoms with E-state index in [1.54, 1.807) is 0 Å². The van der Waals surface area contributed by atoms with E-state index >= 15 is 0 Å². The van der Waals surface area contributed by atoms with Crippen LogP contribution in [0.5, 0.6) is 0 Å². The van der Waals surface area contributed by atoms with Crippen molar-refractivity contribution in [3.63, 3.8) is 0 Å². The van der Waals surface area contributed by atoms with Crippen LogP contribution in [-0.4, -0.2) is 19.0 Å². The highest BCUT2D eigenvalue weighted by atomic mass is 16.7. The van der Waals surface area contributed by atoms with Gasteiger partial charge in [0.1, 0.15) is 6.79 Å². The van der Waals surface area contributed by atoms with Crippen LogP contribution in [0.3, 0.4) is 0 Å². The standard InChI is InChI=1S/C13H24O2/c1-3-7-12(8-4-1)14-11-15-13-9-5-2-6-10-13/h12-13H,1-11H2. The summed E-state index contributed by atoms with van der Waals surface area (Å²) in [5.41, 5.74) is 0. The zero-order valence-electron chi connectivity index (χ0n) is 9.75. The van der Waals surface area contributed by atoms with Crippen molar-refractivity contribution in [1.29, 1.82) is 0 Å². The highest BCUT2D eigenvalue weighted by Gasteiger charge is 2.16. The van der Waals surface area contributed by atoms with Gasteiger partial charge in [-0.2, -0.15) is 0 Å². The third kappa shape index (κ3) is 4.12. The molecule has 15 heavy (non-hydrogen) atoms. The van der Waals surface area contributed by atoms with Crippen molar-refractivity contribution in [1.82, 2.24) is 0 Å². The molecule has 0 atom stereocenters. The molecule has 0 aromatic carbocycles. The molecule has 0 radical (unpaired) electrons. The third-order valence-corrected chi connectivity index (χ3v) is 3.71. The van der Waals surface area contributed by atoms with Crippen molar-refractivity contribution in [2.75, 3.05) is 6.79 Å². The van der Waals surface area contributed by atoms with E-state index in [1.807, 2.05) is 0 Å². The van der Waals surface area contributed by atoms with Crippen molar-refractivity contribution < 1.29 is 9.47 Å². The predicted octanol–water partition coefficient (Wildman–Crippen LogP) is 3.64. The minimum absolute atomic E-state index is 0.488. The maximum Gasteiger partial charge on any atom is 0.147 e. The first kappa shape index (κ1) is 11.4. The number of hydrogen-bond donors (Lipinski definition) is 0. The van der Waals surface area contributed by atoms with E-state index in [4.69, 9.17) is 9.47 Å². The van der Waals surface area contributed by atoms with Gasteiger partial charge in [-0.15, -0.1) is 0 Å². The van der Waals surface area contributed by atoms with E-state index in [0.29, 0.717) is 19.0 Å². The third-order valence-electron chi connectivity index (χ3n) is 3.71. The predicted molar refractivity (Wildman–Crippen MR) is 60.8 cm³/mol. The second-order valence-electron chi connectivity index (χ2n) is 4.97. The van der Waals surface area contributed by atoms with Crippen LogP contribution in [-0.2, 0) is 9.47 Å². The molecule has 2 aliphatic carbocycles. The van der Waals surface area contributed by atoms with Crippen LogP contribution in [0.25, 0.3) is 0 Å². The molecule has 0 N–H and O–H groups in total. The quantitative estimate of drug-likeness (QED) is 0.662. The normalized spacial score (nSPS) is 25.6. The van der Waals surface area contributed by atoms with Gasteiger partial charge in [0.2, 0.25) is 0 Å². The lowest BCUT2D eigenvalue weighted by molar-refractivity contribution is -0.131. The van der Waals surface area contributed by atoms with Crippen molar-refractivity contribution in [3.05, 3.63) is 0 Å². The maximum absolute atomic E-state index is 5.76. The first-order chi connectivity index (χ1) is 7.45. The molecule has 0 heterocycles. The lowest BCUT2D eigenvalue weighted by Crippen LogP contribution is -2.23. The Kier molecular flexibility index (Phi) is 4.94. The zero-order valence-corrected chi connectivity index (χ0v) is 9.75. The Morgan fingerprint density at radius 3 is 1.40 bits per heavy atom. The molecule has 0 aliphatic heterocycles. The van der Waals surface area contributed by atoms with Gasteiger partial charge in [0.25, 0.3) is 0 Å². The highest BCUT2D eigenvalue weighted by molar-refractivity contribution is 4.66. The van der Waals surface area contributed by atoms with Crippen molar-refractivity contribution in [3.8, 4) is 0 Å². The lowest BCUT2D eigenvalue weighted by atomic mass is 9.98.